The van der Waals surface area contributed by atoms with Gasteiger partial charge in [-0.05, 0) is 6.92 Å². The Morgan fingerprint density at radius 2 is 2.64 bits per heavy atom. The van der Waals surface area contributed by atoms with Crippen LogP contribution in [0.15, 0.2) is 6.20 Å². The zero-order valence-corrected chi connectivity index (χ0v) is 7.98. The predicted molar refractivity (Wildman–Crippen MR) is 45.4 cm³/mol. The monoisotopic (exact) mass is 267 g/mol. The molecule has 0 radical (unpaired) electrons. The molecule has 0 fully saturated rings. The summed E-state index contributed by atoms with van der Waals surface area (Å²) in [5.74, 6) is -0.396. The van der Waals surface area contributed by atoms with Gasteiger partial charge < -0.3 is 4.74 Å². The van der Waals surface area contributed by atoms with Crippen molar-refractivity contribution in [1.82, 2.24) is 13.2 Å². The van der Waals surface area contributed by atoms with Gasteiger partial charge in [0.1, 0.15) is 0 Å². The fourth-order valence-corrected chi connectivity index (χ4v) is 0.988. The third kappa shape index (κ3) is 1.88. The average molecular weight is 267 g/mol. The highest BCUT2D eigenvalue weighted by Gasteiger charge is 2.11. The lowest BCUT2D eigenvalue weighted by atomic mass is 10.5. The zero-order chi connectivity index (χ0) is 8.27. The van der Waals surface area contributed by atoms with Crippen molar-refractivity contribution in [3.05, 3.63) is 11.9 Å². The Labute approximate surface area is 77.2 Å². The standard InChI is InChI=1S/C5H6IN3O2/c1-2-11-5(10)4-3-7-8-9(4)6/h3H,2H2,1H3. The summed E-state index contributed by atoms with van der Waals surface area (Å²) in [5, 5.41) is 7.10. The molecule has 0 amide bonds. The second-order valence-electron chi connectivity index (χ2n) is 1.70. The van der Waals surface area contributed by atoms with Crippen molar-refractivity contribution in [3.63, 3.8) is 0 Å². The molecule has 1 rings (SSSR count). The second kappa shape index (κ2) is 3.65. The number of halogens is 1. The molecule has 0 atom stereocenters. The summed E-state index contributed by atoms with van der Waals surface area (Å²) in [6.07, 6.45) is 1.37. The maximum atomic E-state index is 11.0. The molecule has 0 N–H and O–H groups in total. The average Bonchev–Trinajstić information content (AvgIpc) is 2.36. The van der Waals surface area contributed by atoms with Gasteiger partial charge in [0.15, 0.2) is 5.69 Å². The van der Waals surface area contributed by atoms with Crippen LogP contribution < -0.4 is 0 Å². The zero-order valence-electron chi connectivity index (χ0n) is 5.82. The minimum atomic E-state index is -0.396. The summed E-state index contributed by atoms with van der Waals surface area (Å²) in [6.45, 7) is 2.11. The second-order valence-corrected chi connectivity index (χ2v) is 2.61. The maximum Gasteiger partial charge on any atom is 0.359 e. The lowest BCUT2D eigenvalue weighted by Crippen LogP contribution is -2.07. The molecule has 0 saturated carbocycles. The minimum Gasteiger partial charge on any atom is -0.461 e. The third-order valence-electron chi connectivity index (χ3n) is 0.994. The summed E-state index contributed by atoms with van der Waals surface area (Å²) in [6, 6.07) is 0. The summed E-state index contributed by atoms with van der Waals surface area (Å²) < 4.78 is 6.07. The Balaban J connectivity index is 2.76. The number of rotatable bonds is 2. The van der Waals surface area contributed by atoms with Crippen molar-refractivity contribution in [2.45, 2.75) is 6.92 Å². The Morgan fingerprint density at radius 3 is 3.09 bits per heavy atom. The number of hydrogen-bond acceptors (Lipinski definition) is 4. The van der Waals surface area contributed by atoms with Crippen LogP contribution in [-0.4, -0.2) is 25.8 Å². The van der Waals surface area contributed by atoms with Gasteiger partial charge in [0.2, 0.25) is 0 Å². The largest absolute Gasteiger partial charge is 0.461 e. The number of hydrogen-bond donors (Lipinski definition) is 0. The van der Waals surface area contributed by atoms with Gasteiger partial charge in [0, 0.05) is 0 Å². The first kappa shape index (κ1) is 8.44. The Hall–Kier alpha value is -0.660. The Kier molecular flexibility index (Phi) is 2.80. The van der Waals surface area contributed by atoms with Gasteiger partial charge in [-0.15, -0.1) is 5.10 Å². The van der Waals surface area contributed by atoms with Crippen molar-refractivity contribution in [3.8, 4) is 0 Å². The molecule has 1 aromatic rings. The van der Waals surface area contributed by atoms with Gasteiger partial charge in [-0.25, -0.2) is 4.79 Å². The van der Waals surface area contributed by atoms with Crippen LogP contribution in [0.3, 0.4) is 0 Å². The van der Waals surface area contributed by atoms with E-state index in [-0.39, 0.29) is 0 Å². The van der Waals surface area contributed by atoms with Crippen molar-refractivity contribution in [2.24, 2.45) is 0 Å². The summed E-state index contributed by atoms with van der Waals surface area (Å²) >= 11 is 1.85. The molecule has 5 nitrogen and oxygen atoms in total. The van der Waals surface area contributed by atoms with Gasteiger partial charge in [0.05, 0.1) is 35.7 Å². The minimum absolute atomic E-state index is 0.354. The van der Waals surface area contributed by atoms with E-state index in [0.29, 0.717) is 12.3 Å². The van der Waals surface area contributed by atoms with Crippen molar-refractivity contribution >= 4 is 28.8 Å². The van der Waals surface area contributed by atoms with Crippen molar-refractivity contribution in [2.75, 3.05) is 6.61 Å². The normalized spacial score (nSPS) is 9.64. The van der Waals surface area contributed by atoms with Crippen LogP contribution in [0.1, 0.15) is 17.4 Å². The molecule has 0 unspecified atom stereocenters. The van der Waals surface area contributed by atoms with Gasteiger partial charge in [-0.3, -0.25) is 0 Å². The Bertz CT molecular complexity index is 260. The highest BCUT2D eigenvalue weighted by Crippen LogP contribution is 2.01. The van der Waals surface area contributed by atoms with E-state index >= 15 is 0 Å². The Morgan fingerprint density at radius 1 is 1.91 bits per heavy atom. The van der Waals surface area contributed by atoms with Crippen LogP contribution in [0.25, 0.3) is 0 Å². The van der Waals surface area contributed by atoms with Crippen LogP contribution in [0.5, 0.6) is 0 Å². The quantitative estimate of drug-likeness (QED) is 0.583. The summed E-state index contributed by atoms with van der Waals surface area (Å²) in [7, 11) is 0. The lowest BCUT2D eigenvalue weighted by Gasteiger charge is -1.97. The fraction of sp³-hybridized carbons (Fsp3) is 0.400. The van der Waals surface area contributed by atoms with E-state index in [1.165, 1.54) is 9.09 Å². The number of ether oxygens (including phenoxy) is 1. The highest BCUT2D eigenvalue weighted by molar-refractivity contribution is 14.1. The van der Waals surface area contributed by atoms with Crippen molar-refractivity contribution in [1.29, 1.82) is 0 Å². The number of esters is 1. The van der Waals surface area contributed by atoms with E-state index in [1.54, 1.807) is 6.92 Å². The molecular weight excluding hydrogens is 261 g/mol. The SMILES string of the molecule is CCOC(=O)c1cnnn1I. The molecule has 1 aromatic heterocycles. The first-order valence-corrected chi connectivity index (χ1v) is 3.96. The summed E-state index contributed by atoms with van der Waals surface area (Å²) in [4.78, 5) is 11.0. The highest BCUT2D eigenvalue weighted by atomic mass is 127. The van der Waals surface area contributed by atoms with Gasteiger partial charge in [-0.2, -0.15) is 2.90 Å². The molecule has 6 heteroatoms. The topological polar surface area (TPSA) is 57.0 Å². The smallest absolute Gasteiger partial charge is 0.359 e. The third-order valence-corrected chi connectivity index (χ3v) is 1.71. The van der Waals surface area contributed by atoms with E-state index in [2.05, 4.69) is 10.3 Å². The van der Waals surface area contributed by atoms with Crippen LogP contribution in [0.4, 0.5) is 0 Å². The van der Waals surface area contributed by atoms with E-state index in [9.17, 15) is 4.79 Å². The first-order valence-electron chi connectivity index (χ1n) is 2.99. The van der Waals surface area contributed by atoms with Crippen LogP contribution in [-0.2, 0) is 4.74 Å². The maximum absolute atomic E-state index is 11.0. The van der Waals surface area contributed by atoms with Crippen LogP contribution in [0, 0.1) is 0 Å². The molecule has 60 valence electrons. The van der Waals surface area contributed by atoms with E-state index in [1.807, 2.05) is 22.9 Å². The number of aromatic nitrogens is 3. The molecule has 0 saturated heterocycles. The molecule has 0 aromatic carbocycles. The number of carbonyl (C=O) groups is 1. The van der Waals surface area contributed by atoms with E-state index in [0.717, 1.165) is 0 Å². The van der Waals surface area contributed by atoms with Gasteiger partial charge in [-0.1, -0.05) is 5.21 Å². The fourth-order valence-electron chi connectivity index (χ4n) is 0.555. The van der Waals surface area contributed by atoms with Crippen LogP contribution in [0.2, 0.25) is 0 Å². The molecule has 11 heavy (non-hydrogen) atoms. The van der Waals surface area contributed by atoms with Crippen molar-refractivity contribution < 1.29 is 9.53 Å². The lowest BCUT2D eigenvalue weighted by molar-refractivity contribution is 0.0518. The molecule has 0 aliphatic rings. The van der Waals surface area contributed by atoms with E-state index < -0.39 is 5.97 Å². The molecule has 0 bridgehead atoms. The molecular formula is C5H6IN3O2. The van der Waals surface area contributed by atoms with Gasteiger partial charge in [0.25, 0.3) is 0 Å². The molecule has 0 aliphatic heterocycles. The summed E-state index contributed by atoms with van der Waals surface area (Å²) in [5.41, 5.74) is 0.354. The molecule has 0 aliphatic carbocycles. The predicted octanol–water partition coefficient (Wildman–Crippen LogP) is 0.653. The molecule has 0 spiro atoms. The van der Waals surface area contributed by atoms with E-state index in [4.69, 9.17) is 4.74 Å². The van der Waals surface area contributed by atoms with Gasteiger partial charge >= 0.3 is 5.97 Å². The first-order chi connectivity index (χ1) is 5.25. The number of carbonyl (C=O) groups excluding carboxylic acids is 1. The molecule has 1 heterocycles. The number of nitrogens with zero attached hydrogens (tertiary/aromatic N) is 3. The van der Waals surface area contributed by atoms with Crippen LogP contribution >= 0.6 is 22.9 Å².